The standard InChI is InChI=1S/C16H10O7.C9H6O6/c17-13(18)9-3-1-5-11(7-9)15(21)23-16(22)12-6-2-4-10(8-12)14(19)20;10-7(11)4-1-2-5(8(12)13)6(3-4)9(14)15/h1-8H,(H,17,18)(H,19,20);1-3H,(H,10,11)(H,12,13)(H,14,15). The van der Waals surface area contributed by atoms with E-state index >= 15 is 0 Å². The van der Waals surface area contributed by atoms with Gasteiger partial charge in [-0.1, -0.05) is 12.1 Å². The molecule has 0 heterocycles. The molecule has 0 saturated carbocycles. The van der Waals surface area contributed by atoms with Gasteiger partial charge in [0.1, 0.15) is 0 Å². The molecule has 0 bridgehead atoms. The van der Waals surface area contributed by atoms with E-state index in [1.807, 2.05) is 0 Å². The number of hydrogen-bond donors (Lipinski definition) is 5. The zero-order chi connectivity index (χ0) is 28.6. The van der Waals surface area contributed by atoms with Crippen LogP contribution in [-0.2, 0) is 4.74 Å². The van der Waals surface area contributed by atoms with Crippen molar-refractivity contribution in [2.75, 3.05) is 0 Å². The third-order valence-corrected chi connectivity index (χ3v) is 4.60. The lowest BCUT2D eigenvalue weighted by Crippen LogP contribution is -2.14. The summed E-state index contributed by atoms with van der Waals surface area (Å²) in [6, 6.07) is 12.8. The SMILES string of the molecule is O=C(O)c1ccc(C(=O)O)c(C(=O)O)c1.O=C(O)c1cccc(C(=O)OC(=O)c2cccc(C(=O)O)c2)c1. The van der Waals surface area contributed by atoms with Gasteiger partial charge >= 0.3 is 41.8 Å². The zero-order valence-electron chi connectivity index (χ0n) is 18.9. The zero-order valence-corrected chi connectivity index (χ0v) is 18.9. The van der Waals surface area contributed by atoms with Crippen molar-refractivity contribution in [2.45, 2.75) is 0 Å². The van der Waals surface area contributed by atoms with Gasteiger partial charge in [-0.2, -0.15) is 0 Å². The van der Waals surface area contributed by atoms with Crippen LogP contribution < -0.4 is 0 Å². The van der Waals surface area contributed by atoms with Gasteiger partial charge in [0, 0.05) is 0 Å². The molecule has 38 heavy (non-hydrogen) atoms. The maximum Gasteiger partial charge on any atom is 0.346 e. The van der Waals surface area contributed by atoms with Crippen LogP contribution in [0.3, 0.4) is 0 Å². The summed E-state index contributed by atoms with van der Waals surface area (Å²) in [5.41, 5.74) is -1.70. The van der Waals surface area contributed by atoms with Crippen LogP contribution in [0.1, 0.15) is 72.5 Å². The Kier molecular flexibility index (Phi) is 9.12. The molecule has 3 aromatic carbocycles. The summed E-state index contributed by atoms with van der Waals surface area (Å²) in [5, 5.41) is 43.6. The number of carbonyl (C=O) groups is 7. The Balaban J connectivity index is 0.000000293. The molecule has 0 aromatic heterocycles. The van der Waals surface area contributed by atoms with Crippen LogP contribution in [0, 0.1) is 0 Å². The highest BCUT2D eigenvalue weighted by atomic mass is 16.6. The van der Waals surface area contributed by atoms with E-state index in [2.05, 4.69) is 4.74 Å². The lowest BCUT2D eigenvalue weighted by molar-refractivity contribution is 0.0396. The second-order valence-corrected chi connectivity index (χ2v) is 7.12. The first kappa shape index (κ1) is 28.4. The average molecular weight is 524 g/mol. The maximum absolute atomic E-state index is 11.9. The minimum absolute atomic E-state index is 0.104. The summed E-state index contributed by atoms with van der Waals surface area (Å²) in [7, 11) is 0. The van der Waals surface area contributed by atoms with Gasteiger partial charge in [0.05, 0.1) is 38.9 Å². The van der Waals surface area contributed by atoms with Crippen molar-refractivity contribution >= 4 is 41.8 Å². The van der Waals surface area contributed by atoms with Gasteiger partial charge < -0.3 is 30.3 Å². The lowest BCUT2D eigenvalue weighted by atomic mass is 10.0. The summed E-state index contributed by atoms with van der Waals surface area (Å²) >= 11 is 0. The molecule has 0 radical (unpaired) electrons. The molecule has 13 nitrogen and oxygen atoms in total. The Morgan fingerprint density at radius 3 is 1.16 bits per heavy atom. The molecule has 0 saturated heterocycles. The second-order valence-electron chi connectivity index (χ2n) is 7.12. The Labute approximate surface area is 211 Å². The molecule has 13 heteroatoms. The van der Waals surface area contributed by atoms with Gasteiger partial charge in [-0.15, -0.1) is 0 Å². The van der Waals surface area contributed by atoms with E-state index in [9.17, 15) is 33.6 Å². The van der Waals surface area contributed by atoms with Crippen molar-refractivity contribution in [3.05, 3.63) is 106 Å². The molecule has 5 N–H and O–H groups in total. The Morgan fingerprint density at radius 2 is 0.789 bits per heavy atom. The Bertz CT molecular complexity index is 1400. The number of esters is 2. The van der Waals surface area contributed by atoms with Gasteiger partial charge in [0.25, 0.3) is 0 Å². The highest BCUT2D eigenvalue weighted by molar-refractivity contribution is 6.05. The van der Waals surface area contributed by atoms with Crippen LogP contribution >= 0.6 is 0 Å². The van der Waals surface area contributed by atoms with Gasteiger partial charge in [-0.05, 0) is 54.6 Å². The molecule has 0 amide bonds. The number of rotatable bonds is 7. The van der Waals surface area contributed by atoms with E-state index in [0.717, 1.165) is 30.3 Å². The Hall–Kier alpha value is -5.85. The molecular formula is C25H16O13. The smallest absolute Gasteiger partial charge is 0.346 e. The maximum atomic E-state index is 11.9. The Morgan fingerprint density at radius 1 is 0.421 bits per heavy atom. The highest BCUT2D eigenvalue weighted by Gasteiger charge is 2.19. The van der Waals surface area contributed by atoms with Crippen LogP contribution in [0.15, 0.2) is 66.7 Å². The fourth-order valence-electron chi connectivity index (χ4n) is 2.80. The number of carbonyl (C=O) groups excluding carboxylic acids is 2. The third kappa shape index (κ3) is 7.32. The van der Waals surface area contributed by atoms with Crippen LogP contribution in [-0.4, -0.2) is 67.3 Å². The molecule has 0 aliphatic carbocycles. The van der Waals surface area contributed by atoms with E-state index in [1.54, 1.807) is 0 Å². The fraction of sp³-hybridized carbons (Fsp3) is 0. The quantitative estimate of drug-likeness (QED) is 0.221. The van der Waals surface area contributed by atoms with Gasteiger partial charge in [0.2, 0.25) is 0 Å². The molecule has 0 fully saturated rings. The summed E-state index contributed by atoms with van der Waals surface area (Å²) in [4.78, 5) is 77.2. The first-order valence-corrected chi connectivity index (χ1v) is 10.1. The number of carboxylic acids is 5. The minimum atomic E-state index is -1.48. The van der Waals surface area contributed by atoms with Crippen LogP contribution in [0.2, 0.25) is 0 Å². The predicted octanol–water partition coefficient (Wildman–Crippen LogP) is 2.86. The van der Waals surface area contributed by atoms with Gasteiger partial charge in [-0.25, -0.2) is 33.6 Å². The minimum Gasteiger partial charge on any atom is -0.478 e. The number of carboxylic acid groups (broad SMARTS) is 5. The summed E-state index contributed by atoms with van der Waals surface area (Å²) < 4.78 is 4.63. The van der Waals surface area contributed by atoms with Crippen LogP contribution in [0.25, 0.3) is 0 Å². The van der Waals surface area contributed by atoms with E-state index in [0.29, 0.717) is 0 Å². The first-order chi connectivity index (χ1) is 17.8. The molecule has 0 aliphatic rings. The molecule has 0 unspecified atom stereocenters. The second kappa shape index (κ2) is 12.2. The van der Waals surface area contributed by atoms with E-state index < -0.39 is 52.9 Å². The molecule has 194 valence electrons. The summed E-state index contributed by atoms with van der Waals surface area (Å²) in [6.45, 7) is 0. The van der Waals surface area contributed by atoms with Crippen molar-refractivity contribution in [3.63, 3.8) is 0 Å². The van der Waals surface area contributed by atoms with Crippen LogP contribution in [0.4, 0.5) is 0 Å². The molecule has 0 spiro atoms. The van der Waals surface area contributed by atoms with Crippen molar-refractivity contribution in [1.29, 1.82) is 0 Å². The topological polar surface area (TPSA) is 230 Å². The molecule has 0 aliphatic heterocycles. The van der Waals surface area contributed by atoms with Crippen molar-refractivity contribution in [2.24, 2.45) is 0 Å². The predicted molar refractivity (Wildman–Crippen MR) is 124 cm³/mol. The van der Waals surface area contributed by atoms with E-state index in [1.165, 1.54) is 36.4 Å². The van der Waals surface area contributed by atoms with Crippen molar-refractivity contribution < 1.29 is 63.8 Å². The number of aromatic carboxylic acids is 5. The summed E-state index contributed by atoms with van der Waals surface area (Å²) in [5.74, 6) is -8.70. The third-order valence-electron chi connectivity index (χ3n) is 4.60. The average Bonchev–Trinajstić information content (AvgIpc) is 2.88. The van der Waals surface area contributed by atoms with Crippen LogP contribution in [0.5, 0.6) is 0 Å². The number of ether oxygens (including phenoxy) is 1. The molecule has 3 rings (SSSR count). The number of benzene rings is 3. The van der Waals surface area contributed by atoms with Crippen molar-refractivity contribution in [1.82, 2.24) is 0 Å². The highest BCUT2D eigenvalue weighted by Crippen LogP contribution is 2.13. The number of hydrogen-bond acceptors (Lipinski definition) is 8. The monoisotopic (exact) mass is 524 g/mol. The van der Waals surface area contributed by atoms with E-state index in [-0.39, 0.29) is 27.8 Å². The van der Waals surface area contributed by atoms with Crippen molar-refractivity contribution in [3.8, 4) is 0 Å². The lowest BCUT2D eigenvalue weighted by Gasteiger charge is -2.04. The molecule has 0 atom stereocenters. The molecule has 3 aromatic rings. The largest absolute Gasteiger partial charge is 0.478 e. The van der Waals surface area contributed by atoms with E-state index in [4.69, 9.17) is 25.5 Å². The van der Waals surface area contributed by atoms with Gasteiger partial charge in [0.15, 0.2) is 0 Å². The normalized spacial score (nSPS) is 9.79. The van der Waals surface area contributed by atoms with Gasteiger partial charge in [-0.3, -0.25) is 0 Å². The molecular weight excluding hydrogens is 508 g/mol. The first-order valence-electron chi connectivity index (χ1n) is 10.1. The fourth-order valence-corrected chi connectivity index (χ4v) is 2.80. The summed E-state index contributed by atoms with van der Waals surface area (Å²) in [6.07, 6.45) is 0.